The van der Waals surface area contributed by atoms with Crippen molar-refractivity contribution < 1.29 is 0 Å². The first kappa shape index (κ1) is 31.3. The maximum Gasteiger partial charge on any atom is 0.0135 e. The van der Waals surface area contributed by atoms with Crippen molar-refractivity contribution in [2.45, 2.75) is 106 Å². The first-order valence-corrected chi connectivity index (χ1v) is 12.0. The van der Waals surface area contributed by atoms with Gasteiger partial charge in [0, 0.05) is 13.1 Å². The zero-order valence-corrected chi connectivity index (χ0v) is 20.0. The third-order valence-electron chi connectivity index (χ3n) is 3.81. The van der Waals surface area contributed by atoms with Crippen LogP contribution in [0.3, 0.4) is 0 Å². The van der Waals surface area contributed by atoms with E-state index in [1.807, 2.05) is 0 Å². The van der Waals surface area contributed by atoms with E-state index >= 15 is 0 Å². The van der Waals surface area contributed by atoms with E-state index in [2.05, 4.69) is 69.6 Å². The largest absolute Gasteiger partial charge is 0.317 e. The van der Waals surface area contributed by atoms with Gasteiger partial charge in [-0.3, -0.25) is 0 Å². The number of nitrogens with one attached hydrogen (secondary N) is 3. The van der Waals surface area contributed by atoms with Crippen molar-refractivity contribution in [2.75, 3.05) is 39.3 Å². The Morgan fingerprint density at radius 1 is 0.481 bits per heavy atom. The minimum Gasteiger partial charge on any atom is -0.317 e. The molecule has 0 saturated carbocycles. The van der Waals surface area contributed by atoms with E-state index in [1.54, 1.807) is 0 Å². The molecular weight excluding hydrogens is 330 g/mol. The Morgan fingerprint density at radius 3 is 1.11 bits per heavy atom. The van der Waals surface area contributed by atoms with Crippen LogP contribution in [0.4, 0.5) is 0 Å². The van der Waals surface area contributed by atoms with Crippen LogP contribution in [0.1, 0.15) is 106 Å². The highest BCUT2D eigenvalue weighted by molar-refractivity contribution is 4.85. The molecule has 0 aliphatic rings. The molecule has 27 heavy (non-hydrogen) atoms. The molecule has 0 radical (unpaired) electrons. The summed E-state index contributed by atoms with van der Waals surface area (Å²) in [6, 6.07) is 0. The van der Waals surface area contributed by atoms with Gasteiger partial charge in [-0.15, -0.1) is 0 Å². The summed E-state index contributed by atoms with van der Waals surface area (Å²) in [5.74, 6) is 0. The number of rotatable bonds is 17. The molecule has 0 unspecified atom stereocenters. The second-order valence-electron chi connectivity index (χ2n) is 7.06. The maximum absolute atomic E-state index is 3.42. The summed E-state index contributed by atoms with van der Waals surface area (Å²) in [7, 11) is 0. The molecule has 0 spiro atoms. The fourth-order valence-electron chi connectivity index (χ4n) is 2.21. The lowest BCUT2D eigenvalue weighted by Gasteiger charge is -2.01. The molecule has 0 aliphatic heterocycles. The molecule has 0 aliphatic carbocycles. The van der Waals surface area contributed by atoms with E-state index in [1.165, 1.54) is 70.8 Å². The Balaban J connectivity index is -0.000000436. The molecule has 0 heterocycles. The van der Waals surface area contributed by atoms with Crippen LogP contribution >= 0.6 is 0 Å². The monoisotopic (exact) mass is 385 g/mol. The molecule has 0 saturated heterocycles. The van der Waals surface area contributed by atoms with Gasteiger partial charge in [-0.1, -0.05) is 98.6 Å². The van der Waals surface area contributed by atoms with Gasteiger partial charge in [0.25, 0.3) is 0 Å². The van der Waals surface area contributed by atoms with Crippen LogP contribution in [0.5, 0.6) is 0 Å². The summed E-state index contributed by atoms with van der Waals surface area (Å²) in [5.41, 5.74) is 0. The van der Waals surface area contributed by atoms with Gasteiger partial charge in [0.05, 0.1) is 0 Å². The van der Waals surface area contributed by atoms with Crippen molar-refractivity contribution in [3.05, 3.63) is 12.2 Å². The van der Waals surface area contributed by atoms with Crippen LogP contribution in [0.2, 0.25) is 0 Å². The van der Waals surface area contributed by atoms with Gasteiger partial charge >= 0.3 is 0 Å². The van der Waals surface area contributed by atoms with Gasteiger partial charge in [0.15, 0.2) is 0 Å². The highest BCUT2D eigenvalue weighted by Gasteiger charge is 1.86. The second kappa shape index (κ2) is 36.5. The minimum atomic E-state index is 1.01. The number of hydrogen-bond acceptors (Lipinski definition) is 3. The van der Waals surface area contributed by atoms with E-state index in [0.29, 0.717) is 0 Å². The lowest BCUT2D eigenvalue weighted by atomic mass is 10.2. The Labute approximate surface area is 173 Å². The molecule has 0 aromatic heterocycles. The SMILES string of the molecule is CCC.CCCCCNC/C=C\CNCCCCC.CCCCCNCC. The zero-order chi connectivity index (χ0) is 20.8. The molecule has 0 amide bonds. The molecule has 0 bridgehead atoms. The Kier molecular flexibility index (Phi) is 42.4. The topological polar surface area (TPSA) is 36.1 Å². The smallest absolute Gasteiger partial charge is 0.0135 e. The summed E-state index contributed by atoms with van der Waals surface area (Å²) in [6.07, 6.45) is 17.6. The van der Waals surface area contributed by atoms with E-state index in [4.69, 9.17) is 0 Å². The highest BCUT2D eigenvalue weighted by Crippen LogP contribution is 1.91. The maximum atomic E-state index is 3.42. The quantitative estimate of drug-likeness (QED) is 0.203. The van der Waals surface area contributed by atoms with Crippen molar-refractivity contribution >= 4 is 0 Å². The van der Waals surface area contributed by atoms with Crippen LogP contribution < -0.4 is 16.0 Å². The molecule has 3 N–H and O–H groups in total. The third-order valence-corrected chi connectivity index (χ3v) is 3.81. The molecule has 0 rings (SSSR count). The number of unbranched alkanes of at least 4 members (excludes halogenated alkanes) is 6. The minimum absolute atomic E-state index is 1.01. The molecule has 3 nitrogen and oxygen atoms in total. The standard InChI is InChI=1S/C14H30N2.C7H17N.C3H8/c1-3-5-7-11-15-13-9-10-14-16-12-8-6-4-2;1-3-5-6-7-8-4-2;1-3-2/h9-10,15-16H,3-8,11-14H2,1-2H3;8H,3-7H2,1-2H3;3H2,1-2H3/b10-9-;;. The predicted molar refractivity (Wildman–Crippen MR) is 128 cm³/mol. The van der Waals surface area contributed by atoms with Crippen LogP contribution in [-0.2, 0) is 0 Å². The lowest BCUT2D eigenvalue weighted by molar-refractivity contribution is 0.633. The molecule has 0 fully saturated rings. The summed E-state index contributed by atoms with van der Waals surface area (Å²) < 4.78 is 0. The average Bonchev–Trinajstić information content (AvgIpc) is 2.67. The normalized spacial score (nSPS) is 10.3. The molecule has 0 aromatic rings. The van der Waals surface area contributed by atoms with Crippen molar-refractivity contribution in [2.24, 2.45) is 0 Å². The van der Waals surface area contributed by atoms with Crippen LogP contribution in [0.25, 0.3) is 0 Å². The second-order valence-corrected chi connectivity index (χ2v) is 7.06. The molecule has 0 atom stereocenters. The van der Waals surface area contributed by atoms with Gasteiger partial charge in [-0.2, -0.15) is 0 Å². The summed E-state index contributed by atoms with van der Waals surface area (Å²) in [6.45, 7) is 19.8. The van der Waals surface area contributed by atoms with Gasteiger partial charge in [0.1, 0.15) is 0 Å². The summed E-state index contributed by atoms with van der Waals surface area (Å²) in [5, 5.41) is 10.1. The average molecular weight is 386 g/mol. The Hall–Kier alpha value is -0.380. The molecular formula is C24H55N3. The van der Waals surface area contributed by atoms with Gasteiger partial charge in [-0.25, -0.2) is 0 Å². The van der Waals surface area contributed by atoms with Crippen LogP contribution in [0, 0.1) is 0 Å². The van der Waals surface area contributed by atoms with Gasteiger partial charge in [0.2, 0.25) is 0 Å². The number of hydrogen-bond donors (Lipinski definition) is 3. The van der Waals surface area contributed by atoms with Crippen LogP contribution in [0.15, 0.2) is 12.2 Å². The Morgan fingerprint density at radius 2 is 0.815 bits per heavy atom. The fraction of sp³-hybridized carbons (Fsp3) is 0.917. The molecule has 166 valence electrons. The molecule has 3 heteroatoms. The first-order chi connectivity index (χ1) is 13.2. The van der Waals surface area contributed by atoms with E-state index in [-0.39, 0.29) is 0 Å². The van der Waals surface area contributed by atoms with Crippen molar-refractivity contribution in [1.29, 1.82) is 0 Å². The van der Waals surface area contributed by atoms with Crippen molar-refractivity contribution in [1.82, 2.24) is 16.0 Å². The first-order valence-electron chi connectivity index (χ1n) is 12.0. The van der Waals surface area contributed by atoms with E-state index in [9.17, 15) is 0 Å². The highest BCUT2D eigenvalue weighted by atomic mass is 14.9. The summed E-state index contributed by atoms with van der Waals surface area (Å²) in [4.78, 5) is 0. The lowest BCUT2D eigenvalue weighted by Crippen LogP contribution is -2.17. The van der Waals surface area contributed by atoms with E-state index in [0.717, 1.165) is 32.7 Å². The van der Waals surface area contributed by atoms with Crippen LogP contribution in [-0.4, -0.2) is 39.3 Å². The Bertz CT molecular complexity index is 208. The molecule has 0 aromatic carbocycles. The van der Waals surface area contributed by atoms with Crippen molar-refractivity contribution in [3.8, 4) is 0 Å². The van der Waals surface area contributed by atoms with E-state index < -0.39 is 0 Å². The third kappa shape index (κ3) is 46.0. The van der Waals surface area contributed by atoms with Gasteiger partial charge < -0.3 is 16.0 Å². The van der Waals surface area contributed by atoms with Crippen molar-refractivity contribution in [3.63, 3.8) is 0 Å². The predicted octanol–water partition coefficient (Wildman–Crippen LogP) is 6.30. The fourth-order valence-corrected chi connectivity index (χ4v) is 2.21. The van der Waals surface area contributed by atoms with Gasteiger partial charge in [-0.05, 0) is 45.4 Å². The summed E-state index contributed by atoms with van der Waals surface area (Å²) >= 11 is 0. The zero-order valence-electron chi connectivity index (χ0n) is 20.0.